The van der Waals surface area contributed by atoms with Crippen LogP contribution in [-0.2, 0) is 12.8 Å². The predicted octanol–water partition coefficient (Wildman–Crippen LogP) is 3.31. The van der Waals surface area contributed by atoms with Crippen molar-refractivity contribution in [3.63, 3.8) is 0 Å². The molecule has 2 N–H and O–H groups in total. The van der Waals surface area contributed by atoms with Crippen LogP contribution in [0.15, 0.2) is 59.7 Å². The molecule has 2 heterocycles. The minimum absolute atomic E-state index is 0. The zero-order valence-corrected chi connectivity index (χ0v) is 19.5. The van der Waals surface area contributed by atoms with Gasteiger partial charge in [0, 0.05) is 32.8 Å². The number of nitrogens with one attached hydrogen (secondary N) is 2. The molecule has 1 aliphatic rings. The van der Waals surface area contributed by atoms with Crippen molar-refractivity contribution in [1.29, 1.82) is 0 Å². The highest BCUT2D eigenvalue weighted by Gasteiger charge is 2.13. The fraction of sp³-hybridized carbons (Fsp3) is 0.273. The number of halogens is 2. The molecule has 0 unspecified atom stereocenters. The Morgan fingerprint density at radius 1 is 1.03 bits per heavy atom. The maximum absolute atomic E-state index is 13.1. The molecule has 9 heteroatoms. The van der Waals surface area contributed by atoms with E-state index in [2.05, 4.69) is 20.7 Å². The third-order valence-electron chi connectivity index (χ3n) is 4.78. The number of hydrogen-bond donors (Lipinski definition) is 2. The Balaban J connectivity index is 0.00000272. The molecule has 3 aromatic rings. The van der Waals surface area contributed by atoms with E-state index in [1.54, 1.807) is 23.9 Å². The lowest BCUT2D eigenvalue weighted by Crippen LogP contribution is -2.39. The van der Waals surface area contributed by atoms with Crippen LogP contribution in [0.3, 0.4) is 0 Å². The average molecular weight is 537 g/mol. The molecule has 0 atom stereocenters. The Morgan fingerprint density at radius 3 is 2.55 bits per heavy atom. The molecule has 0 radical (unpaired) electrons. The van der Waals surface area contributed by atoms with E-state index in [0.29, 0.717) is 6.54 Å². The Hall–Kier alpha value is -2.82. The summed E-state index contributed by atoms with van der Waals surface area (Å²) >= 11 is 0. The third kappa shape index (κ3) is 6.09. The first-order valence-corrected chi connectivity index (χ1v) is 9.85. The van der Waals surface area contributed by atoms with Gasteiger partial charge in [-0.3, -0.25) is 4.99 Å². The van der Waals surface area contributed by atoms with Gasteiger partial charge in [0.1, 0.15) is 5.82 Å². The van der Waals surface area contributed by atoms with Crippen LogP contribution in [0, 0.1) is 5.82 Å². The molecule has 7 nitrogen and oxygen atoms in total. The van der Waals surface area contributed by atoms with Crippen LogP contribution >= 0.6 is 24.0 Å². The fourth-order valence-corrected chi connectivity index (χ4v) is 3.18. The van der Waals surface area contributed by atoms with Crippen LogP contribution < -0.4 is 20.1 Å². The summed E-state index contributed by atoms with van der Waals surface area (Å²) in [5.41, 5.74) is 2.95. The third-order valence-corrected chi connectivity index (χ3v) is 4.78. The molecule has 0 saturated heterocycles. The zero-order valence-electron chi connectivity index (χ0n) is 17.2. The van der Waals surface area contributed by atoms with Gasteiger partial charge in [-0.05, 0) is 54.4 Å². The number of benzene rings is 2. The average Bonchev–Trinajstić information content (AvgIpc) is 3.42. The summed E-state index contributed by atoms with van der Waals surface area (Å²) in [5, 5.41) is 11.1. The molecule has 0 amide bonds. The summed E-state index contributed by atoms with van der Waals surface area (Å²) in [4.78, 5) is 4.26. The smallest absolute Gasteiger partial charge is 0.231 e. The lowest BCUT2D eigenvalue weighted by atomic mass is 10.1. The van der Waals surface area contributed by atoms with Gasteiger partial charge >= 0.3 is 0 Å². The van der Waals surface area contributed by atoms with E-state index in [1.807, 2.05) is 30.5 Å². The normalized spacial score (nSPS) is 12.4. The Morgan fingerprint density at radius 2 is 1.77 bits per heavy atom. The summed E-state index contributed by atoms with van der Waals surface area (Å²) in [6.45, 7) is 1.73. The molecule has 1 aliphatic heterocycles. The van der Waals surface area contributed by atoms with Crippen LogP contribution in [0.5, 0.6) is 11.5 Å². The SMILES string of the molecule is CN=C(NCCc1ccc2c(c1)OCO2)NCCc1ccn(-c2ccc(F)cc2)n1.I. The van der Waals surface area contributed by atoms with Crippen LogP contribution in [0.2, 0.25) is 0 Å². The van der Waals surface area contributed by atoms with Crippen molar-refractivity contribution in [1.82, 2.24) is 20.4 Å². The Kier molecular flexibility index (Phi) is 8.10. The minimum atomic E-state index is -0.257. The highest BCUT2D eigenvalue weighted by atomic mass is 127. The van der Waals surface area contributed by atoms with Crippen molar-refractivity contribution in [3.8, 4) is 17.2 Å². The maximum Gasteiger partial charge on any atom is 0.231 e. The van der Waals surface area contributed by atoms with Crippen molar-refractivity contribution in [3.05, 3.63) is 71.8 Å². The number of aromatic nitrogens is 2. The van der Waals surface area contributed by atoms with Gasteiger partial charge in [0.15, 0.2) is 17.5 Å². The second kappa shape index (κ2) is 11.0. The van der Waals surface area contributed by atoms with Crippen molar-refractivity contribution in [2.75, 3.05) is 26.9 Å². The van der Waals surface area contributed by atoms with E-state index < -0.39 is 0 Å². The summed E-state index contributed by atoms with van der Waals surface area (Å²) in [6.07, 6.45) is 3.47. The number of guanidine groups is 1. The highest BCUT2D eigenvalue weighted by molar-refractivity contribution is 14.0. The van der Waals surface area contributed by atoms with Crippen molar-refractivity contribution in [2.24, 2.45) is 4.99 Å². The van der Waals surface area contributed by atoms with Gasteiger partial charge in [0.05, 0.1) is 11.4 Å². The monoisotopic (exact) mass is 537 g/mol. The summed E-state index contributed by atoms with van der Waals surface area (Å²) in [5.74, 6) is 2.09. The van der Waals surface area contributed by atoms with Gasteiger partial charge in [0.25, 0.3) is 0 Å². The number of aliphatic imine (C=N–C) groups is 1. The van der Waals surface area contributed by atoms with Gasteiger partial charge in [-0.15, -0.1) is 24.0 Å². The maximum atomic E-state index is 13.1. The van der Waals surface area contributed by atoms with Crippen molar-refractivity contribution in [2.45, 2.75) is 12.8 Å². The van der Waals surface area contributed by atoms with Gasteiger partial charge in [0.2, 0.25) is 6.79 Å². The van der Waals surface area contributed by atoms with Gasteiger partial charge in [-0.25, -0.2) is 9.07 Å². The molecule has 0 saturated carbocycles. The first-order valence-electron chi connectivity index (χ1n) is 9.85. The molecule has 0 spiro atoms. The molecule has 31 heavy (non-hydrogen) atoms. The Labute approximate surface area is 197 Å². The van der Waals surface area contributed by atoms with Gasteiger partial charge in [-0.2, -0.15) is 5.10 Å². The minimum Gasteiger partial charge on any atom is -0.454 e. The molecule has 164 valence electrons. The van der Waals surface area contributed by atoms with Crippen molar-refractivity contribution >= 4 is 29.9 Å². The number of nitrogens with zero attached hydrogens (tertiary/aromatic N) is 3. The van der Waals surface area contributed by atoms with E-state index in [1.165, 1.54) is 17.7 Å². The summed E-state index contributed by atoms with van der Waals surface area (Å²) < 4.78 is 25.6. The number of ether oxygens (including phenoxy) is 2. The van der Waals surface area contributed by atoms with E-state index in [0.717, 1.165) is 48.2 Å². The van der Waals surface area contributed by atoms with E-state index in [-0.39, 0.29) is 36.6 Å². The second-order valence-corrected chi connectivity index (χ2v) is 6.84. The van der Waals surface area contributed by atoms with Gasteiger partial charge in [-0.1, -0.05) is 6.07 Å². The quantitative estimate of drug-likeness (QED) is 0.275. The first-order chi connectivity index (χ1) is 14.7. The van der Waals surface area contributed by atoms with E-state index in [4.69, 9.17) is 9.47 Å². The fourth-order valence-electron chi connectivity index (χ4n) is 3.18. The predicted molar refractivity (Wildman–Crippen MR) is 128 cm³/mol. The lowest BCUT2D eigenvalue weighted by Gasteiger charge is -2.11. The molecular weight excluding hydrogens is 512 g/mol. The standard InChI is InChI=1S/C22H24FN5O2.HI/c1-24-22(25-11-8-16-2-7-20-21(14-16)30-15-29-20)26-12-9-18-10-13-28(27-18)19-5-3-17(23)4-6-19;/h2-7,10,13-14H,8-9,11-12,15H2,1H3,(H2,24,25,26);1H. The van der Waals surface area contributed by atoms with Crippen LogP contribution in [-0.4, -0.2) is 42.7 Å². The molecule has 4 rings (SSSR count). The molecular formula is C22H25FIN5O2. The molecule has 0 aliphatic carbocycles. The number of fused-ring (bicyclic) bond motifs is 1. The highest BCUT2D eigenvalue weighted by Crippen LogP contribution is 2.32. The molecule has 2 aromatic carbocycles. The number of rotatable bonds is 7. The van der Waals surface area contributed by atoms with Gasteiger partial charge < -0.3 is 20.1 Å². The lowest BCUT2D eigenvalue weighted by molar-refractivity contribution is 0.174. The van der Waals surface area contributed by atoms with Crippen LogP contribution in [0.25, 0.3) is 5.69 Å². The van der Waals surface area contributed by atoms with E-state index in [9.17, 15) is 4.39 Å². The largest absolute Gasteiger partial charge is 0.454 e. The summed E-state index contributed by atoms with van der Waals surface area (Å²) in [7, 11) is 1.75. The molecule has 1 aromatic heterocycles. The first kappa shape index (κ1) is 22.9. The summed E-state index contributed by atoms with van der Waals surface area (Å²) in [6, 6.07) is 14.2. The zero-order chi connectivity index (χ0) is 20.8. The molecule has 0 bridgehead atoms. The Bertz CT molecular complexity index is 1020. The number of hydrogen-bond acceptors (Lipinski definition) is 4. The van der Waals surface area contributed by atoms with Crippen molar-refractivity contribution < 1.29 is 13.9 Å². The van der Waals surface area contributed by atoms with E-state index >= 15 is 0 Å². The second-order valence-electron chi connectivity index (χ2n) is 6.84. The van der Waals surface area contributed by atoms with Crippen LogP contribution in [0.1, 0.15) is 11.3 Å². The van der Waals surface area contributed by atoms with Crippen LogP contribution in [0.4, 0.5) is 4.39 Å². The molecule has 0 fully saturated rings. The topological polar surface area (TPSA) is 72.7 Å².